The molecule has 3 aliphatic heterocycles. The van der Waals surface area contributed by atoms with Crippen LogP contribution >= 0.6 is 0 Å². The Morgan fingerprint density at radius 1 is 1.36 bits per heavy atom. The highest BCUT2D eigenvalue weighted by atomic mass is 127. The first kappa shape index (κ1) is 9.64. The van der Waals surface area contributed by atoms with Crippen LogP contribution in [0.5, 0.6) is 0 Å². The van der Waals surface area contributed by atoms with Gasteiger partial charge in [0, 0.05) is 12.8 Å². The molecule has 0 aromatic heterocycles. The van der Waals surface area contributed by atoms with Crippen LogP contribution in [0.15, 0.2) is 0 Å². The van der Waals surface area contributed by atoms with E-state index in [1.165, 1.54) is 11.5 Å². The fourth-order valence-electron chi connectivity index (χ4n) is 1.49. The summed E-state index contributed by atoms with van der Waals surface area (Å²) in [6.45, 7) is 0. The average Bonchev–Trinajstić information content (AvgIpc) is 2.17. The maximum atomic E-state index is 10.9. The zero-order chi connectivity index (χ0) is 6.97. The van der Waals surface area contributed by atoms with Gasteiger partial charge in [-0.3, -0.25) is 0 Å². The Morgan fingerprint density at radius 2 is 2.00 bits per heavy atom. The van der Waals surface area contributed by atoms with E-state index in [9.17, 15) is 4.79 Å². The van der Waals surface area contributed by atoms with Gasteiger partial charge < -0.3 is 28.7 Å². The number of fused-ring (bicyclic) bond motifs is 4. The minimum Gasteiger partial charge on any atom is -1.00 e. The zero-order valence-corrected chi connectivity index (χ0v) is 9.19. The number of ether oxygens (including phenoxy) is 1. The molecule has 2 nitrogen and oxygen atoms in total. The van der Waals surface area contributed by atoms with Crippen molar-refractivity contribution in [3.05, 3.63) is 0 Å². The molecule has 4 heteroatoms. The molecule has 64 valence electrons. The normalized spacial score (nSPS) is 35.5. The average molecular weight is 286 g/mol. The van der Waals surface area contributed by atoms with Gasteiger partial charge in [0.25, 0.3) is 0 Å². The number of esters is 1. The van der Waals surface area contributed by atoms with Crippen LogP contribution in [0.4, 0.5) is 0 Å². The Morgan fingerprint density at radius 3 is 2.64 bits per heavy atom. The maximum absolute atomic E-state index is 10.9. The van der Waals surface area contributed by atoms with E-state index in [1.807, 2.05) is 0 Å². The summed E-state index contributed by atoms with van der Waals surface area (Å²) in [4.78, 5) is 10.9. The molecule has 3 aliphatic rings. The van der Waals surface area contributed by atoms with Gasteiger partial charge in [-0.15, -0.1) is 0 Å². The van der Waals surface area contributed by atoms with Crippen LogP contribution in [0.25, 0.3) is 0 Å². The highest BCUT2D eigenvalue weighted by Gasteiger charge is 2.36. The molecule has 0 amide bonds. The molecule has 0 aliphatic carbocycles. The van der Waals surface area contributed by atoms with Crippen molar-refractivity contribution in [1.82, 2.24) is 0 Å². The van der Waals surface area contributed by atoms with Gasteiger partial charge in [0.15, 0.2) is 0 Å². The Balaban J connectivity index is 0.000000605. The predicted molar refractivity (Wildman–Crippen MR) is 41.1 cm³/mol. The highest BCUT2D eigenvalue weighted by molar-refractivity contribution is 7.97. The molecule has 3 rings (SSSR count). The smallest absolute Gasteiger partial charge is 0.356 e. The van der Waals surface area contributed by atoms with E-state index in [4.69, 9.17) is 4.74 Å². The highest BCUT2D eigenvalue weighted by Crippen LogP contribution is 2.21. The Bertz CT molecular complexity index is 139. The summed E-state index contributed by atoms with van der Waals surface area (Å²) in [5.74, 6) is 3.21. The molecule has 0 radical (unpaired) electrons. The van der Waals surface area contributed by atoms with Crippen molar-refractivity contribution in [2.24, 2.45) is 0 Å². The lowest BCUT2D eigenvalue weighted by Crippen LogP contribution is -3.00. The number of hydrogen-bond acceptors (Lipinski definition) is 2. The summed E-state index contributed by atoms with van der Waals surface area (Å²) < 4.78 is 5.17. The van der Waals surface area contributed by atoms with Crippen LogP contribution in [-0.2, 0) is 20.4 Å². The van der Waals surface area contributed by atoms with Crippen molar-refractivity contribution < 1.29 is 33.5 Å². The van der Waals surface area contributed by atoms with Gasteiger partial charge in [-0.2, -0.15) is 0 Å². The van der Waals surface area contributed by atoms with E-state index < -0.39 is 0 Å². The van der Waals surface area contributed by atoms with Crippen molar-refractivity contribution >= 4 is 16.9 Å². The van der Waals surface area contributed by atoms with Crippen LogP contribution in [0.3, 0.4) is 0 Å². The molecule has 0 N–H and O–H groups in total. The maximum Gasteiger partial charge on any atom is 0.356 e. The summed E-state index contributed by atoms with van der Waals surface area (Å²) in [6, 6.07) is 0. The second kappa shape index (κ2) is 3.98. The lowest BCUT2D eigenvalue weighted by Gasteiger charge is -2.14. The lowest BCUT2D eigenvalue weighted by molar-refractivity contribution is -0.145. The van der Waals surface area contributed by atoms with Crippen LogP contribution in [0, 0.1) is 0 Å². The van der Waals surface area contributed by atoms with Crippen molar-refractivity contribution in [1.29, 1.82) is 0 Å². The molecule has 11 heavy (non-hydrogen) atoms. The van der Waals surface area contributed by atoms with Crippen molar-refractivity contribution in [3.8, 4) is 0 Å². The predicted octanol–water partition coefficient (Wildman–Crippen LogP) is -2.67. The summed E-state index contributed by atoms with van der Waals surface area (Å²) in [7, 11) is 0.392. The van der Waals surface area contributed by atoms with Gasteiger partial charge >= 0.3 is 5.97 Å². The molecule has 0 aromatic carbocycles. The summed E-state index contributed by atoms with van der Waals surface area (Å²) in [6.07, 6.45) is 2.52. The van der Waals surface area contributed by atoms with Gasteiger partial charge in [-0.05, 0) is 10.9 Å². The van der Waals surface area contributed by atoms with Gasteiger partial charge in [-0.1, -0.05) is 0 Å². The molecule has 0 spiro atoms. The number of carbonyl (C=O) groups is 1. The first-order chi connectivity index (χ1) is 4.84. The second-order valence-corrected chi connectivity index (χ2v) is 5.18. The lowest BCUT2D eigenvalue weighted by atomic mass is 10.2. The van der Waals surface area contributed by atoms with Gasteiger partial charge in [0.1, 0.15) is 17.6 Å². The number of carbonyl (C=O) groups excluding carboxylic acids is 1. The monoisotopic (exact) mass is 286 g/mol. The third-order valence-electron chi connectivity index (χ3n) is 2.08. The molecular weight excluding hydrogens is 275 g/mol. The molecule has 3 heterocycles. The molecular formula is C7H11IO2S. The van der Waals surface area contributed by atoms with E-state index in [2.05, 4.69) is 0 Å². The van der Waals surface area contributed by atoms with E-state index in [-0.39, 0.29) is 36.0 Å². The third kappa shape index (κ3) is 2.24. The van der Waals surface area contributed by atoms with E-state index in [1.54, 1.807) is 0 Å². The van der Waals surface area contributed by atoms with Gasteiger partial charge in [-0.25, -0.2) is 4.79 Å². The number of rotatable bonds is 0. The van der Waals surface area contributed by atoms with E-state index >= 15 is 0 Å². The molecule has 0 saturated carbocycles. The van der Waals surface area contributed by atoms with E-state index in [0.717, 1.165) is 12.8 Å². The van der Waals surface area contributed by atoms with Crippen molar-refractivity contribution in [2.45, 2.75) is 18.9 Å². The largest absolute Gasteiger partial charge is 1.00 e. The zero-order valence-electron chi connectivity index (χ0n) is 6.22. The third-order valence-corrected chi connectivity index (χ3v) is 4.35. The fraction of sp³-hybridized carbons (Fsp3) is 0.857. The molecule has 3 fully saturated rings. The standard InChI is InChI=1S/C7H11O2S.HI/c8-7-5-10-3-1-6(9-7)2-4-10;/h6H,1-5H2;1H/q+1;/p-1. The first-order valence-electron chi connectivity index (χ1n) is 3.68. The quantitative estimate of drug-likeness (QED) is 0.276. The first-order valence-corrected chi connectivity index (χ1v) is 5.41. The van der Waals surface area contributed by atoms with Crippen LogP contribution in [0.1, 0.15) is 12.8 Å². The van der Waals surface area contributed by atoms with Gasteiger partial charge in [0.2, 0.25) is 5.75 Å². The second-order valence-electron chi connectivity index (χ2n) is 2.85. The minimum atomic E-state index is 0. The number of halogens is 1. The summed E-state index contributed by atoms with van der Waals surface area (Å²) in [5, 5.41) is 0. The van der Waals surface area contributed by atoms with Crippen molar-refractivity contribution in [3.63, 3.8) is 0 Å². The summed E-state index contributed by atoms with van der Waals surface area (Å²) >= 11 is 0. The van der Waals surface area contributed by atoms with Crippen LogP contribution in [-0.4, -0.2) is 29.3 Å². The molecule has 2 bridgehead atoms. The Hall–Kier alpha value is 0.550. The van der Waals surface area contributed by atoms with Crippen LogP contribution in [0.2, 0.25) is 0 Å². The van der Waals surface area contributed by atoms with E-state index in [0.29, 0.717) is 16.6 Å². The van der Waals surface area contributed by atoms with Crippen LogP contribution < -0.4 is 24.0 Å². The van der Waals surface area contributed by atoms with Crippen molar-refractivity contribution in [2.75, 3.05) is 17.3 Å². The molecule has 0 unspecified atom stereocenters. The Labute approximate surface area is 86.4 Å². The minimum absolute atomic E-state index is 0. The SMILES string of the molecule is O=C1C[S+]2CCC(CC2)O1.[I-]. The fourth-order valence-corrected chi connectivity index (χ4v) is 3.58. The molecule has 0 atom stereocenters. The Kier molecular flexibility index (Phi) is 3.49. The number of hydrogen-bond donors (Lipinski definition) is 0. The molecule has 0 aromatic rings. The summed E-state index contributed by atoms with van der Waals surface area (Å²) in [5.41, 5.74) is 0. The topological polar surface area (TPSA) is 26.3 Å². The van der Waals surface area contributed by atoms with Gasteiger partial charge in [0.05, 0.1) is 0 Å². The molecule has 3 saturated heterocycles.